The second kappa shape index (κ2) is 5.48. The molecule has 0 aliphatic carbocycles. The number of fused-ring (bicyclic) bond motifs is 1. The molecule has 0 atom stereocenters. The first-order valence-electron chi connectivity index (χ1n) is 6.66. The lowest BCUT2D eigenvalue weighted by molar-refractivity contribution is 0.671. The minimum atomic E-state index is 0.511. The maximum Gasteiger partial charge on any atom is 0.0739 e. The lowest BCUT2D eigenvalue weighted by Crippen LogP contribution is -2.05. The lowest BCUT2D eigenvalue weighted by Gasteiger charge is -2.07. The van der Waals surface area contributed by atoms with Crippen LogP contribution in [0.3, 0.4) is 0 Å². The van der Waals surface area contributed by atoms with Crippen molar-refractivity contribution in [2.45, 2.75) is 20.0 Å². The van der Waals surface area contributed by atoms with E-state index in [9.17, 15) is 0 Å². The fourth-order valence-corrected chi connectivity index (χ4v) is 3.28. The van der Waals surface area contributed by atoms with Crippen molar-refractivity contribution in [3.8, 4) is 0 Å². The molecule has 0 amide bonds. The molecular weight excluding hydrogens is 352 g/mol. The number of aryl methyl sites for hydroxylation is 2. The summed E-state index contributed by atoms with van der Waals surface area (Å²) in [5.74, 6) is 0. The van der Waals surface area contributed by atoms with Crippen molar-refractivity contribution in [1.29, 1.82) is 0 Å². The summed E-state index contributed by atoms with van der Waals surface area (Å²) in [7, 11) is 1.95. The molecule has 2 N–H and O–H groups in total. The molecule has 6 heteroatoms. The number of rotatable bonds is 3. The van der Waals surface area contributed by atoms with Crippen LogP contribution in [-0.2, 0) is 20.1 Å². The normalized spacial score (nSPS) is 11.5. The molecule has 0 aliphatic rings. The van der Waals surface area contributed by atoms with E-state index < -0.39 is 0 Å². The molecular formula is C15H16BrClN4. The predicted octanol–water partition coefficient (Wildman–Crippen LogP) is 3.61. The highest BCUT2D eigenvalue weighted by Gasteiger charge is 2.14. The monoisotopic (exact) mass is 366 g/mol. The zero-order valence-corrected chi connectivity index (χ0v) is 14.2. The molecule has 0 fully saturated rings. The van der Waals surface area contributed by atoms with E-state index in [1.807, 2.05) is 36.9 Å². The molecule has 0 saturated carbocycles. The van der Waals surface area contributed by atoms with E-state index in [4.69, 9.17) is 17.3 Å². The van der Waals surface area contributed by atoms with E-state index in [1.165, 1.54) is 0 Å². The number of nitrogens with two attached hydrogens (primary N) is 1. The van der Waals surface area contributed by atoms with Gasteiger partial charge in [-0.15, -0.1) is 0 Å². The van der Waals surface area contributed by atoms with Gasteiger partial charge in [-0.05, 0) is 40.5 Å². The van der Waals surface area contributed by atoms with Gasteiger partial charge < -0.3 is 10.3 Å². The summed E-state index contributed by atoms with van der Waals surface area (Å²) in [6.45, 7) is 3.22. The van der Waals surface area contributed by atoms with Crippen LogP contribution in [0.4, 0.5) is 0 Å². The Morgan fingerprint density at radius 3 is 2.76 bits per heavy atom. The number of hydrogen-bond acceptors (Lipinski definition) is 2. The van der Waals surface area contributed by atoms with Crippen molar-refractivity contribution in [3.05, 3.63) is 50.8 Å². The summed E-state index contributed by atoms with van der Waals surface area (Å²) in [4.78, 5) is 0. The van der Waals surface area contributed by atoms with Crippen molar-refractivity contribution in [1.82, 2.24) is 14.3 Å². The summed E-state index contributed by atoms with van der Waals surface area (Å²) in [6.07, 6.45) is 2.09. The first kappa shape index (κ1) is 14.6. The summed E-state index contributed by atoms with van der Waals surface area (Å²) in [6, 6.07) is 5.91. The molecule has 3 aromatic rings. The van der Waals surface area contributed by atoms with Gasteiger partial charge in [0, 0.05) is 30.2 Å². The van der Waals surface area contributed by atoms with Gasteiger partial charge in [-0.1, -0.05) is 17.7 Å². The average molecular weight is 368 g/mol. The fraction of sp³-hybridized carbons (Fsp3) is 0.267. The zero-order chi connectivity index (χ0) is 15.1. The number of benzene rings is 1. The SMILES string of the molecule is Cc1nn(C)c(Cn2cc(CN)c3ccc(Cl)cc32)c1Br. The predicted molar refractivity (Wildman–Crippen MR) is 89.6 cm³/mol. The van der Waals surface area contributed by atoms with E-state index in [1.54, 1.807) is 0 Å². The summed E-state index contributed by atoms with van der Waals surface area (Å²) in [5, 5.41) is 6.31. The number of nitrogens with zero attached hydrogens (tertiary/aromatic N) is 3. The Morgan fingerprint density at radius 2 is 2.14 bits per heavy atom. The Bertz CT molecular complexity index is 819. The number of halogens is 2. The van der Waals surface area contributed by atoms with Crippen LogP contribution in [-0.4, -0.2) is 14.3 Å². The minimum absolute atomic E-state index is 0.511. The second-order valence-corrected chi connectivity index (χ2v) is 6.35. The van der Waals surface area contributed by atoms with Gasteiger partial charge in [0.1, 0.15) is 0 Å². The molecule has 3 rings (SSSR count). The molecule has 2 heterocycles. The molecule has 0 spiro atoms. The Hall–Kier alpha value is -1.30. The van der Waals surface area contributed by atoms with Crippen molar-refractivity contribution in [2.75, 3.05) is 0 Å². The number of hydrogen-bond donors (Lipinski definition) is 1. The van der Waals surface area contributed by atoms with E-state index >= 15 is 0 Å². The quantitative estimate of drug-likeness (QED) is 0.769. The largest absolute Gasteiger partial charge is 0.341 e. The van der Waals surface area contributed by atoms with Gasteiger partial charge in [0.05, 0.1) is 27.9 Å². The maximum absolute atomic E-state index is 6.14. The molecule has 110 valence electrons. The third-order valence-corrected chi connectivity index (χ3v) is 5.00. The van der Waals surface area contributed by atoms with E-state index in [0.29, 0.717) is 6.54 Å². The maximum atomic E-state index is 6.14. The van der Waals surface area contributed by atoms with Gasteiger partial charge in [-0.3, -0.25) is 4.68 Å². The third-order valence-electron chi connectivity index (χ3n) is 3.73. The van der Waals surface area contributed by atoms with Crippen LogP contribution >= 0.6 is 27.5 Å². The van der Waals surface area contributed by atoms with Gasteiger partial charge in [0.25, 0.3) is 0 Å². The number of aromatic nitrogens is 3. The standard InChI is InChI=1S/C15H16BrClN4/c1-9-15(16)14(20(2)19-9)8-21-7-10(6-18)12-4-3-11(17)5-13(12)21/h3-5,7H,6,8,18H2,1-2H3. The van der Waals surface area contributed by atoms with Crippen LogP contribution in [0.2, 0.25) is 5.02 Å². The Morgan fingerprint density at radius 1 is 1.38 bits per heavy atom. The smallest absolute Gasteiger partial charge is 0.0739 e. The van der Waals surface area contributed by atoms with Gasteiger partial charge >= 0.3 is 0 Å². The highest BCUT2D eigenvalue weighted by atomic mass is 79.9. The topological polar surface area (TPSA) is 48.8 Å². The molecule has 4 nitrogen and oxygen atoms in total. The zero-order valence-electron chi connectivity index (χ0n) is 11.9. The van der Waals surface area contributed by atoms with Gasteiger partial charge in [-0.2, -0.15) is 5.10 Å². The molecule has 2 aromatic heterocycles. The van der Waals surface area contributed by atoms with E-state index in [2.05, 4.69) is 31.8 Å². The highest BCUT2D eigenvalue weighted by molar-refractivity contribution is 9.10. The Balaban J connectivity index is 2.14. The second-order valence-electron chi connectivity index (χ2n) is 5.12. The van der Waals surface area contributed by atoms with Crippen LogP contribution in [0, 0.1) is 6.92 Å². The molecule has 0 saturated heterocycles. The van der Waals surface area contributed by atoms with E-state index in [0.717, 1.165) is 43.9 Å². The van der Waals surface area contributed by atoms with Crippen LogP contribution in [0.15, 0.2) is 28.9 Å². The Labute approximate surface area is 136 Å². The van der Waals surface area contributed by atoms with E-state index in [-0.39, 0.29) is 0 Å². The molecule has 0 bridgehead atoms. The first-order valence-corrected chi connectivity index (χ1v) is 7.83. The molecule has 1 aromatic carbocycles. The van der Waals surface area contributed by atoms with Crippen molar-refractivity contribution >= 4 is 38.4 Å². The molecule has 21 heavy (non-hydrogen) atoms. The van der Waals surface area contributed by atoms with Crippen molar-refractivity contribution < 1.29 is 0 Å². The van der Waals surface area contributed by atoms with Crippen molar-refractivity contribution in [3.63, 3.8) is 0 Å². The molecule has 0 aliphatic heterocycles. The fourth-order valence-electron chi connectivity index (χ4n) is 2.65. The third kappa shape index (κ3) is 2.50. The first-order chi connectivity index (χ1) is 10.0. The van der Waals surface area contributed by atoms with Gasteiger partial charge in [-0.25, -0.2) is 0 Å². The van der Waals surface area contributed by atoms with Crippen LogP contribution in [0.1, 0.15) is 17.0 Å². The summed E-state index contributed by atoms with van der Waals surface area (Å²) < 4.78 is 5.12. The lowest BCUT2D eigenvalue weighted by atomic mass is 10.2. The summed E-state index contributed by atoms with van der Waals surface area (Å²) in [5.41, 5.74) is 10.2. The van der Waals surface area contributed by atoms with Crippen LogP contribution in [0.5, 0.6) is 0 Å². The van der Waals surface area contributed by atoms with Crippen LogP contribution < -0.4 is 5.73 Å². The van der Waals surface area contributed by atoms with Gasteiger partial charge in [0.2, 0.25) is 0 Å². The highest BCUT2D eigenvalue weighted by Crippen LogP contribution is 2.27. The molecule has 0 unspecified atom stereocenters. The summed E-state index contributed by atoms with van der Waals surface area (Å²) >= 11 is 9.75. The van der Waals surface area contributed by atoms with Crippen LogP contribution in [0.25, 0.3) is 10.9 Å². The minimum Gasteiger partial charge on any atom is -0.341 e. The average Bonchev–Trinajstić information content (AvgIpc) is 2.91. The molecule has 0 radical (unpaired) electrons. The van der Waals surface area contributed by atoms with Crippen molar-refractivity contribution in [2.24, 2.45) is 12.8 Å². The van der Waals surface area contributed by atoms with Gasteiger partial charge in [0.15, 0.2) is 0 Å². The Kier molecular flexibility index (Phi) is 3.82.